The lowest BCUT2D eigenvalue weighted by Crippen LogP contribution is -2.33. The standard InChI is InChI=1S/C51H31N3OS/c1-2-11-33-27-34(23-19-30(33)9-1)38-14-7-15-40-47-41(16-8-17-44(47)55-48(38)40)51-53-49(35-24-22-32-21-20-31-10-3-4-12-37(31)42(32)28-35)52-50(54-51)36-25-26-46-43(29-36)39-13-5-6-18-45(39)56-46/h1-29,49H,(H,52,53,54). The Morgan fingerprint density at radius 2 is 1.18 bits per heavy atom. The van der Waals surface area contributed by atoms with Crippen LogP contribution in [0.1, 0.15) is 22.9 Å². The molecule has 1 N–H and O–H groups in total. The summed E-state index contributed by atoms with van der Waals surface area (Å²) in [4.78, 5) is 10.7. The predicted molar refractivity (Wildman–Crippen MR) is 236 cm³/mol. The van der Waals surface area contributed by atoms with Gasteiger partial charge in [0.05, 0.1) is 0 Å². The van der Waals surface area contributed by atoms with Crippen molar-refractivity contribution in [3.8, 4) is 11.1 Å². The molecule has 56 heavy (non-hydrogen) atoms. The average Bonchev–Trinajstić information content (AvgIpc) is 3.84. The van der Waals surface area contributed by atoms with Crippen LogP contribution in [0.2, 0.25) is 0 Å². The van der Waals surface area contributed by atoms with E-state index in [-0.39, 0.29) is 6.17 Å². The highest BCUT2D eigenvalue weighted by Gasteiger charge is 2.25. The molecule has 2 aromatic heterocycles. The van der Waals surface area contributed by atoms with Crippen molar-refractivity contribution >= 4 is 97.4 Å². The summed E-state index contributed by atoms with van der Waals surface area (Å²) in [5, 5.41) is 15.6. The number of thiophene rings is 1. The van der Waals surface area contributed by atoms with E-state index in [1.807, 2.05) is 11.3 Å². The number of furan rings is 1. The Morgan fingerprint density at radius 3 is 2.11 bits per heavy atom. The van der Waals surface area contributed by atoms with E-state index in [1.54, 1.807) is 0 Å². The smallest absolute Gasteiger partial charge is 0.159 e. The second-order valence-corrected chi connectivity index (χ2v) is 15.6. The van der Waals surface area contributed by atoms with Crippen LogP contribution in [0.4, 0.5) is 0 Å². The third-order valence-electron chi connectivity index (χ3n) is 11.3. The van der Waals surface area contributed by atoms with Gasteiger partial charge in [0.2, 0.25) is 0 Å². The van der Waals surface area contributed by atoms with Gasteiger partial charge in [-0.15, -0.1) is 11.3 Å². The number of para-hydroxylation sites is 1. The number of rotatable bonds is 4. The molecule has 9 aromatic carbocycles. The quantitative estimate of drug-likeness (QED) is 0.183. The van der Waals surface area contributed by atoms with Gasteiger partial charge in [-0.25, -0.2) is 9.98 Å². The van der Waals surface area contributed by atoms with Gasteiger partial charge in [0.1, 0.15) is 23.2 Å². The first-order chi connectivity index (χ1) is 27.7. The molecular weight excluding hydrogens is 703 g/mol. The number of hydrogen-bond donors (Lipinski definition) is 1. The summed E-state index contributed by atoms with van der Waals surface area (Å²) in [6.45, 7) is 0. The summed E-state index contributed by atoms with van der Waals surface area (Å²) in [6, 6.07) is 62.7. The van der Waals surface area contributed by atoms with Gasteiger partial charge in [0.25, 0.3) is 0 Å². The minimum atomic E-state index is -0.377. The Morgan fingerprint density at radius 1 is 0.482 bits per heavy atom. The molecule has 0 spiro atoms. The number of nitrogens with zero attached hydrogens (tertiary/aromatic N) is 2. The highest BCUT2D eigenvalue weighted by molar-refractivity contribution is 7.25. The summed E-state index contributed by atoms with van der Waals surface area (Å²) in [5.41, 5.74) is 6.90. The molecule has 1 aliphatic rings. The van der Waals surface area contributed by atoms with Crippen LogP contribution in [-0.2, 0) is 0 Å². The fourth-order valence-electron chi connectivity index (χ4n) is 8.57. The van der Waals surface area contributed by atoms with Crippen LogP contribution in [0.5, 0.6) is 0 Å². The Balaban J connectivity index is 1.05. The molecule has 0 aliphatic carbocycles. The fourth-order valence-corrected chi connectivity index (χ4v) is 9.66. The molecule has 0 saturated carbocycles. The normalized spacial score (nSPS) is 14.6. The fraction of sp³-hybridized carbons (Fsp3) is 0.0196. The molecule has 262 valence electrons. The van der Waals surface area contributed by atoms with E-state index in [9.17, 15) is 0 Å². The molecule has 1 unspecified atom stereocenters. The van der Waals surface area contributed by atoms with Gasteiger partial charge in [0, 0.05) is 47.6 Å². The number of aliphatic imine (C=N–C) groups is 2. The molecule has 12 rings (SSSR count). The van der Waals surface area contributed by atoms with E-state index in [0.717, 1.165) is 55.6 Å². The Bertz CT molecular complexity index is 3480. The topological polar surface area (TPSA) is 49.9 Å². The van der Waals surface area contributed by atoms with Gasteiger partial charge in [-0.3, -0.25) is 0 Å². The first kappa shape index (κ1) is 31.3. The Labute approximate surface area is 325 Å². The minimum Gasteiger partial charge on any atom is -0.455 e. The lowest BCUT2D eigenvalue weighted by Gasteiger charge is -2.24. The van der Waals surface area contributed by atoms with Gasteiger partial charge in [-0.2, -0.15) is 0 Å². The van der Waals surface area contributed by atoms with E-state index in [1.165, 1.54) is 52.5 Å². The first-order valence-corrected chi connectivity index (χ1v) is 19.7. The summed E-state index contributed by atoms with van der Waals surface area (Å²) in [6.07, 6.45) is -0.377. The zero-order valence-corrected chi connectivity index (χ0v) is 30.8. The van der Waals surface area contributed by atoms with Crippen molar-refractivity contribution in [3.63, 3.8) is 0 Å². The van der Waals surface area contributed by atoms with Crippen molar-refractivity contribution in [1.29, 1.82) is 0 Å². The van der Waals surface area contributed by atoms with E-state index in [0.29, 0.717) is 5.84 Å². The number of benzene rings is 9. The monoisotopic (exact) mass is 733 g/mol. The SMILES string of the molecule is c1ccc2cc(-c3cccc4c3oc3cccc(C5=NC(c6ccc7sc8ccccc8c7c6)=NC(c6ccc7ccc8ccccc8c7c6)N5)c34)ccc2c1. The van der Waals surface area contributed by atoms with Gasteiger partial charge in [-0.05, 0) is 85.9 Å². The zero-order chi connectivity index (χ0) is 36.7. The van der Waals surface area contributed by atoms with Crippen molar-refractivity contribution in [3.05, 3.63) is 193 Å². The van der Waals surface area contributed by atoms with Crippen LogP contribution >= 0.6 is 11.3 Å². The largest absolute Gasteiger partial charge is 0.455 e. The number of amidine groups is 2. The molecule has 3 heterocycles. The molecule has 0 amide bonds. The summed E-state index contributed by atoms with van der Waals surface area (Å²) < 4.78 is 9.29. The van der Waals surface area contributed by atoms with Crippen molar-refractivity contribution in [2.45, 2.75) is 6.17 Å². The number of nitrogens with one attached hydrogen (secondary N) is 1. The maximum atomic E-state index is 6.76. The van der Waals surface area contributed by atoms with Crippen LogP contribution < -0.4 is 5.32 Å². The first-order valence-electron chi connectivity index (χ1n) is 18.9. The molecule has 11 aromatic rings. The predicted octanol–water partition coefficient (Wildman–Crippen LogP) is 13.6. The molecule has 5 heteroatoms. The highest BCUT2D eigenvalue weighted by Crippen LogP contribution is 2.40. The Kier molecular flexibility index (Phi) is 6.83. The summed E-state index contributed by atoms with van der Waals surface area (Å²) >= 11 is 1.82. The van der Waals surface area contributed by atoms with Crippen LogP contribution in [-0.4, -0.2) is 11.7 Å². The van der Waals surface area contributed by atoms with Crippen molar-refractivity contribution in [2.24, 2.45) is 9.98 Å². The molecule has 0 saturated heterocycles. The molecular formula is C51H31N3OS. The molecule has 1 atom stereocenters. The molecule has 1 aliphatic heterocycles. The lowest BCUT2D eigenvalue weighted by atomic mass is 9.97. The van der Waals surface area contributed by atoms with Crippen LogP contribution in [0.25, 0.3) is 85.6 Å². The van der Waals surface area contributed by atoms with Crippen LogP contribution in [0, 0.1) is 0 Å². The van der Waals surface area contributed by atoms with Crippen molar-refractivity contribution < 1.29 is 4.42 Å². The Hall–Kier alpha value is -7.08. The van der Waals surface area contributed by atoms with E-state index >= 15 is 0 Å². The third-order valence-corrected chi connectivity index (χ3v) is 12.5. The third kappa shape index (κ3) is 4.91. The van der Waals surface area contributed by atoms with Crippen LogP contribution in [0.3, 0.4) is 0 Å². The lowest BCUT2D eigenvalue weighted by molar-refractivity contribution is 0.669. The van der Waals surface area contributed by atoms with Crippen molar-refractivity contribution in [1.82, 2.24) is 5.32 Å². The summed E-state index contributed by atoms with van der Waals surface area (Å²) in [5.74, 6) is 1.46. The zero-order valence-electron chi connectivity index (χ0n) is 30.0. The van der Waals surface area contributed by atoms with Gasteiger partial charge in [-0.1, -0.05) is 133 Å². The molecule has 4 nitrogen and oxygen atoms in total. The maximum absolute atomic E-state index is 6.76. The van der Waals surface area contributed by atoms with E-state index in [4.69, 9.17) is 14.4 Å². The van der Waals surface area contributed by atoms with E-state index < -0.39 is 0 Å². The second-order valence-electron chi connectivity index (χ2n) is 14.6. The van der Waals surface area contributed by atoms with Gasteiger partial charge in [0.15, 0.2) is 5.84 Å². The average molecular weight is 734 g/mol. The molecule has 0 radical (unpaired) electrons. The minimum absolute atomic E-state index is 0.377. The van der Waals surface area contributed by atoms with Crippen LogP contribution in [0.15, 0.2) is 190 Å². The number of fused-ring (bicyclic) bond motifs is 10. The summed E-state index contributed by atoms with van der Waals surface area (Å²) in [7, 11) is 0. The van der Waals surface area contributed by atoms with Crippen molar-refractivity contribution in [2.75, 3.05) is 0 Å². The van der Waals surface area contributed by atoms with E-state index in [2.05, 4.69) is 181 Å². The number of hydrogen-bond acceptors (Lipinski definition) is 5. The molecule has 0 fully saturated rings. The highest BCUT2D eigenvalue weighted by atomic mass is 32.1. The van der Waals surface area contributed by atoms with Gasteiger partial charge < -0.3 is 9.73 Å². The second kappa shape index (κ2) is 12.2. The maximum Gasteiger partial charge on any atom is 0.159 e. The molecule has 0 bridgehead atoms. The van der Waals surface area contributed by atoms with Gasteiger partial charge >= 0.3 is 0 Å².